The lowest BCUT2D eigenvalue weighted by atomic mass is 10.2. The predicted molar refractivity (Wildman–Crippen MR) is 73.5 cm³/mol. The van der Waals surface area contributed by atoms with Crippen molar-refractivity contribution < 1.29 is 9.72 Å². The number of aromatic nitrogens is 3. The van der Waals surface area contributed by atoms with Crippen LogP contribution in [0.1, 0.15) is 12.5 Å². The highest BCUT2D eigenvalue weighted by atomic mass is 16.6. The molecule has 2 aromatic heterocycles. The van der Waals surface area contributed by atoms with Gasteiger partial charge in [0.05, 0.1) is 10.6 Å². The van der Waals surface area contributed by atoms with E-state index in [2.05, 4.69) is 20.6 Å². The highest BCUT2D eigenvalue weighted by molar-refractivity contribution is 5.99. The summed E-state index contributed by atoms with van der Waals surface area (Å²) in [6.07, 6.45) is 5.51. The van der Waals surface area contributed by atoms with E-state index in [1.54, 1.807) is 31.5 Å². The van der Waals surface area contributed by atoms with Crippen molar-refractivity contribution in [1.82, 2.24) is 20.2 Å². The van der Waals surface area contributed by atoms with E-state index in [-0.39, 0.29) is 12.2 Å². The maximum atomic E-state index is 11.7. The van der Waals surface area contributed by atoms with Crippen LogP contribution in [0.5, 0.6) is 0 Å². The maximum Gasteiger partial charge on any atom is 0.307 e. The standard InChI is InChI=1S/C12H12N6O3/c1-9(10-2-4-13-5-3-10)15-16-12(19)8-17-7-11(6-14-17)18(20)21/h2-7H,8H2,1H3,(H,16,19)/b15-9+. The number of hydrogen-bond donors (Lipinski definition) is 1. The fraction of sp³-hybridized carbons (Fsp3) is 0.167. The lowest BCUT2D eigenvalue weighted by Crippen LogP contribution is -2.24. The molecular weight excluding hydrogens is 276 g/mol. The number of carbonyl (C=O) groups is 1. The second-order valence-corrected chi connectivity index (χ2v) is 4.12. The molecule has 1 N–H and O–H groups in total. The third-order valence-corrected chi connectivity index (χ3v) is 2.58. The SMILES string of the molecule is C/C(=N\NC(=O)Cn1cc([N+](=O)[O-])cn1)c1ccncc1. The summed E-state index contributed by atoms with van der Waals surface area (Å²) in [6.45, 7) is 1.59. The number of carbonyl (C=O) groups excluding carboxylic acids is 1. The first kappa shape index (κ1) is 14.3. The second kappa shape index (κ2) is 6.37. The average Bonchev–Trinajstić information content (AvgIpc) is 2.94. The first-order chi connectivity index (χ1) is 10.1. The number of hydrogen-bond acceptors (Lipinski definition) is 6. The Kier molecular flexibility index (Phi) is 4.34. The summed E-state index contributed by atoms with van der Waals surface area (Å²) in [6, 6.07) is 3.53. The first-order valence-electron chi connectivity index (χ1n) is 5.96. The molecule has 9 heteroatoms. The van der Waals surface area contributed by atoms with E-state index in [9.17, 15) is 14.9 Å². The molecule has 0 unspecified atom stereocenters. The fourth-order valence-corrected chi connectivity index (χ4v) is 1.52. The van der Waals surface area contributed by atoms with Gasteiger partial charge in [-0.3, -0.25) is 24.6 Å². The van der Waals surface area contributed by atoms with Crippen molar-refractivity contribution in [3.63, 3.8) is 0 Å². The molecule has 2 rings (SSSR count). The highest BCUT2D eigenvalue weighted by Crippen LogP contribution is 2.07. The molecular formula is C12H12N6O3. The van der Waals surface area contributed by atoms with Crippen LogP contribution in [0.25, 0.3) is 0 Å². The monoisotopic (exact) mass is 288 g/mol. The van der Waals surface area contributed by atoms with Gasteiger partial charge in [-0.25, -0.2) is 5.43 Å². The number of nitrogens with zero attached hydrogens (tertiary/aromatic N) is 5. The van der Waals surface area contributed by atoms with Gasteiger partial charge in [0.2, 0.25) is 0 Å². The van der Waals surface area contributed by atoms with Crippen molar-refractivity contribution in [3.05, 3.63) is 52.6 Å². The van der Waals surface area contributed by atoms with E-state index in [0.29, 0.717) is 5.71 Å². The van der Waals surface area contributed by atoms with E-state index in [0.717, 1.165) is 11.8 Å². The van der Waals surface area contributed by atoms with Gasteiger partial charge < -0.3 is 0 Å². The van der Waals surface area contributed by atoms with Gasteiger partial charge in [0, 0.05) is 18.0 Å². The summed E-state index contributed by atoms with van der Waals surface area (Å²) < 4.78 is 1.17. The average molecular weight is 288 g/mol. The zero-order chi connectivity index (χ0) is 15.2. The Hall–Kier alpha value is -3.10. The van der Waals surface area contributed by atoms with Crippen LogP contribution in [0.2, 0.25) is 0 Å². The number of nitrogens with one attached hydrogen (secondary N) is 1. The Morgan fingerprint density at radius 2 is 2.19 bits per heavy atom. The van der Waals surface area contributed by atoms with Crippen LogP contribution in [0.15, 0.2) is 42.0 Å². The third-order valence-electron chi connectivity index (χ3n) is 2.58. The number of amides is 1. The van der Waals surface area contributed by atoms with E-state index in [1.165, 1.54) is 10.9 Å². The molecule has 108 valence electrons. The summed E-state index contributed by atoms with van der Waals surface area (Å²) >= 11 is 0. The van der Waals surface area contributed by atoms with Crippen LogP contribution in [-0.4, -0.2) is 31.3 Å². The van der Waals surface area contributed by atoms with Crippen molar-refractivity contribution in [3.8, 4) is 0 Å². The minimum Gasteiger partial charge on any atom is -0.271 e. The van der Waals surface area contributed by atoms with Crippen LogP contribution in [0.4, 0.5) is 5.69 Å². The molecule has 0 radical (unpaired) electrons. The minimum absolute atomic E-state index is 0.152. The zero-order valence-corrected chi connectivity index (χ0v) is 11.1. The van der Waals surface area contributed by atoms with E-state index in [4.69, 9.17) is 0 Å². The van der Waals surface area contributed by atoms with Gasteiger partial charge in [0.25, 0.3) is 5.91 Å². The Morgan fingerprint density at radius 1 is 1.48 bits per heavy atom. The minimum atomic E-state index is -0.576. The molecule has 9 nitrogen and oxygen atoms in total. The second-order valence-electron chi connectivity index (χ2n) is 4.12. The first-order valence-corrected chi connectivity index (χ1v) is 5.96. The van der Waals surface area contributed by atoms with Crippen molar-refractivity contribution in [2.45, 2.75) is 13.5 Å². The quantitative estimate of drug-likeness (QED) is 0.494. The molecule has 2 aromatic rings. The molecule has 1 amide bonds. The Balaban J connectivity index is 1.94. The molecule has 0 aromatic carbocycles. The molecule has 2 heterocycles. The zero-order valence-electron chi connectivity index (χ0n) is 11.1. The third kappa shape index (κ3) is 3.93. The number of rotatable bonds is 5. The van der Waals surface area contributed by atoms with Crippen molar-refractivity contribution in [2.24, 2.45) is 5.10 Å². The highest BCUT2D eigenvalue weighted by Gasteiger charge is 2.10. The molecule has 0 aliphatic rings. The summed E-state index contributed by atoms with van der Waals surface area (Å²) in [5.74, 6) is -0.429. The Labute approximate surface area is 119 Å². The van der Waals surface area contributed by atoms with E-state index in [1.807, 2.05) is 0 Å². The Morgan fingerprint density at radius 3 is 2.81 bits per heavy atom. The smallest absolute Gasteiger partial charge is 0.271 e. The topological polar surface area (TPSA) is 115 Å². The fourth-order valence-electron chi connectivity index (χ4n) is 1.52. The molecule has 0 aliphatic carbocycles. The predicted octanol–water partition coefficient (Wildman–Crippen LogP) is 0.727. The van der Waals surface area contributed by atoms with Crippen LogP contribution >= 0.6 is 0 Å². The molecule has 0 fully saturated rings. The van der Waals surface area contributed by atoms with Gasteiger partial charge in [0.15, 0.2) is 0 Å². The van der Waals surface area contributed by atoms with Gasteiger partial charge in [-0.2, -0.15) is 10.2 Å². The van der Waals surface area contributed by atoms with Crippen molar-refractivity contribution in [1.29, 1.82) is 0 Å². The Bertz CT molecular complexity index is 679. The van der Waals surface area contributed by atoms with Crippen LogP contribution in [-0.2, 0) is 11.3 Å². The molecule has 0 aliphatic heterocycles. The van der Waals surface area contributed by atoms with E-state index < -0.39 is 10.8 Å². The number of pyridine rings is 1. The van der Waals surface area contributed by atoms with Gasteiger partial charge in [-0.05, 0) is 19.1 Å². The van der Waals surface area contributed by atoms with Crippen LogP contribution in [0, 0.1) is 10.1 Å². The van der Waals surface area contributed by atoms with Crippen LogP contribution < -0.4 is 5.43 Å². The van der Waals surface area contributed by atoms with Gasteiger partial charge in [-0.1, -0.05) is 0 Å². The molecule has 0 saturated carbocycles. The largest absolute Gasteiger partial charge is 0.307 e. The molecule has 0 spiro atoms. The molecule has 0 bridgehead atoms. The number of hydrazone groups is 1. The summed E-state index contributed by atoms with van der Waals surface area (Å²) in [4.78, 5) is 25.5. The van der Waals surface area contributed by atoms with Crippen LogP contribution in [0.3, 0.4) is 0 Å². The number of nitro groups is 1. The summed E-state index contributed by atoms with van der Waals surface area (Å²) in [7, 11) is 0. The summed E-state index contributed by atoms with van der Waals surface area (Å²) in [5.41, 5.74) is 3.65. The van der Waals surface area contributed by atoms with Gasteiger partial charge in [-0.15, -0.1) is 0 Å². The lowest BCUT2D eigenvalue weighted by molar-refractivity contribution is -0.385. The maximum absolute atomic E-state index is 11.7. The summed E-state index contributed by atoms with van der Waals surface area (Å²) in [5, 5.41) is 18.2. The van der Waals surface area contributed by atoms with Crippen molar-refractivity contribution >= 4 is 17.3 Å². The lowest BCUT2D eigenvalue weighted by Gasteiger charge is -2.02. The van der Waals surface area contributed by atoms with Crippen molar-refractivity contribution in [2.75, 3.05) is 0 Å². The normalized spacial score (nSPS) is 11.2. The molecule has 0 atom stereocenters. The molecule has 0 saturated heterocycles. The van der Waals surface area contributed by atoms with Gasteiger partial charge in [0.1, 0.15) is 18.9 Å². The van der Waals surface area contributed by atoms with E-state index >= 15 is 0 Å². The van der Waals surface area contributed by atoms with Gasteiger partial charge >= 0.3 is 5.69 Å². The molecule has 21 heavy (non-hydrogen) atoms.